The maximum absolute atomic E-state index is 12.4. The zero-order valence-corrected chi connectivity index (χ0v) is 14.2. The van der Waals surface area contributed by atoms with Crippen LogP contribution in [0.15, 0.2) is 72.8 Å². The Bertz CT molecular complexity index is 940. The molecular weight excluding hydrogens is 354 g/mol. The Morgan fingerprint density at radius 2 is 1.54 bits per heavy atom. The maximum Gasteiger partial charge on any atom is 0.337 e. The number of carboxylic acid groups (broad SMARTS) is 1. The second kappa shape index (κ2) is 7.72. The molecule has 0 saturated heterocycles. The Morgan fingerprint density at radius 1 is 0.885 bits per heavy atom. The molecule has 0 spiro atoms. The number of nitrogens with one attached hydrogen (secondary N) is 1. The number of carboxylic acids is 1. The molecule has 0 unspecified atom stereocenters. The number of carbonyl (C=O) groups excluding carboxylic acids is 1. The normalized spacial score (nSPS) is 10.2. The lowest BCUT2D eigenvalue weighted by Crippen LogP contribution is -2.14. The van der Waals surface area contributed by atoms with Crippen LogP contribution in [0.2, 0.25) is 5.02 Å². The van der Waals surface area contributed by atoms with Gasteiger partial charge < -0.3 is 15.2 Å². The van der Waals surface area contributed by atoms with E-state index in [-0.39, 0.29) is 16.3 Å². The number of rotatable bonds is 5. The lowest BCUT2D eigenvalue weighted by molar-refractivity contribution is 0.0698. The van der Waals surface area contributed by atoms with Crippen molar-refractivity contribution in [3.63, 3.8) is 0 Å². The first-order valence-electron chi connectivity index (χ1n) is 7.70. The molecule has 0 aliphatic rings. The van der Waals surface area contributed by atoms with E-state index in [1.54, 1.807) is 24.3 Å². The summed E-state index contributed by atoms with van der Waals surface area (Å²) in [6.45, 7) is 0. The number of para-hydroxylation sites is 1. The van der Waals surface area contributed by atoms with Crippen molar-refractivity contribution in [3.8, 4) is 11.5 Å². The number of halogens is 1. The van der Waals surface area contributed by atoms with Crippen LogP contribution in [0, 0.1) is 0 Å². The Labute approximate surface area is 154 Å². The first-order valence-corrected chi connectivity index (χ1v) is 8.08. The summed E-state index contributed by atoms with van der Waals surface area (Å²) >= 11 is 5.81. The predicted octanol–water partition coefficient (Wildman–Crippen LogP) is 5.08. The van der Waals surface area contributed by atoms with Crippen LogP contribution in [0.5, 0.6) is 11.5 Å². The van der Waals surface area contributed by atoms with Crippen LogP contribution in [0.1, 0.15) is 20.7 Å². The summed E-state index contributed by atoms with van der Waals surface area (Å²) in [6, 6.07) is 20.1. The van der Waals surface area contributed by atoms with E-state index in [1.807, 2.05) is 30.3 Å². The van der Waals surface area contributed by atoms with Crippen molar-refractivity contribution in [3.05, 3.63) is 88.9 Å². The molecule has 2 N–H and O–H groups in total. The predicted molar refractivity (Wildman–Crippen MR) is 99.3 cm³/mol. The first kappa shape index (κ1) is 17.5. The summed E-state index contributed by atoms with van der Waals surface area (Å²) < 4.78 is 5.67. The molecule has 0 heterocycles. The Kier molecular flexibility index (Phi) is 5.20. The van der Waals surface area contributed by atoms with E-state index in [2.05, 4.69) is 5.32 Å². The number of benzene rings is 3. The van der Waals surface area contributed by atoms with E-state index in [4.69, 9.17) is 16.3 Å². The number of aromatic carboxylic acids is 1. The number of hydrogen-bond donors (Lipinski definition) is 2. The minimum Gasteiger partial charge on any atom is -0.478 e. The van der Waals surface area contributed by atoms with Crippen molar-refractivity contribution in [2.45, 2.75) is 0 Å². The standard InChI is InChI=1S/C20H14ClNO4/c21-14-8-11-18(17(12-14)20(24)25)22-19(23)13-6-9-16(10-7-13)26-15-4-2-1-3-5-15/h1-12H,(H,22,23)(H,24,25). The van der Waals surface area contributed by atoms with Gasteiger partial charge in [0, 0.05) is 10.6 Å². The summed E-state index contributed by atoms with van der Waals surface area (Å²) in [5.41, 5.74) is 0.475. The van der Waals surface area contributed by atoms with Crippen molar-refractivity contribution in [2.24, 2.45) is 0 Å². The van der Waals surface area contributed by atoms with Crippen LogP contribution in [0.25, 0.3) is 0 Å². The molecular formula is C20H14ClNO4. The van der Waals surface area contributed by atoms with Crippen LogP contribution in [0.3, 0.4) is 0 Å². The summed E-state index contributed by atoms with van der Waals surface area (Å²) in [6.07, 6.45) is 0. The van der Waals surface area contributed by atoms with Gasteiger partial charge in [-0.05, 0) is 54.6 Å². The Morgan fingerprint density at radius 3 is 2.19 bits per heavy atom. The van der Waals surface area contributed by atoms with Gasteiger partial charge in [-0.15, -0.1) is 0 Å². The third-order valence-corrected chi connectivity index (χ3v) is 3.79. The van der Waals surface area contributed by atoms with Crippen LogP contribution in [-0.4, -0.2) is 17.0 Å². The molecule has 0 bridgehead atoms. The lowest BCUT2D eigenvalue weighted by atomic mass is 10.1. The second-order valence-electron chi connectivity index (χ2n) is 5.39. The fourth-order valence-electron chi connectivity index (χ4n) is 2.30. The van der Waals surface area contributed by atoms with Gasteiger partial charge in [-0.1, -0.05) is 29.8 Å². The number of amides is 1. The first-order chi connectivity index (χ1) is 12.5. The van der Waals surface area contributed by atoms with Gasteiger partial charge in [-0.3, -0.25) is 4.79 Å². The molecule has 3 aromatic carbocycles. The molecule has 0 atom stereocenters. The quantitative estimate of drug-likeness (QED) is 0.659. The van der Waals surface area contributed by atoms with Crippen molar-refractivity contribution >= 4 is 29.2 Å². The molecule has 6 heteroatoms. The SMILES string of the molecule is O=C(Nc1ccc(Cl)cc1C(=O)O)c1ccc(Oc2ccccc2)cc1. The van der Waals surface area contributed by atoms with E-state index in [9.17, 15) is 14.7 Å². The smallest absolute Gasteiger partial charge is 0.337 e. The third kappa shape index (κ3) is 4.20. The van der Waals surface area contributed by atoms with Crippen LogP contribution in [0.4, 0.5) is 5.69 Å². The van der Waals surface area contributed by atoms with Crippen molar-refractivity contribution < 1.29 is 19.4 Å². The fraction of sp³-hybridized carbons (Fsp3) is 0. The number of carbonyl (C=O) groups is 2. The van der Waals surface area contributed by atoms with Crippen molar-refractivity contribution in [2.75, 3.05) is 5.32 Å². The molecule has 0 saturated carbocycles. The Hall–Kier alpha value is -3.31. The molecule has 3 rings (SSSR count). The maximum atomic E-state index is 12.4. The van der Waals surface area contributed by atoms with Gasteiger partial charge in [0.25, 0.3) is 5.91 Å². The largest absolute Gasteiger partial charge is 0.478 e. The summed E-state index contributed by atoms with van der Waals surface area (Å²) in [4.78, 5) is 23.6. The molecule has 0 aliphatic carbocycles. The highest BCUT2D eigenvalue weighted by molar-refractivity contribution is 6.31. The van der Waals surface area contributed by atoms with Gasteiger partial charge in [-0.2, -0.15) is 0 Å². The highest BCUT2D eigenvalue weighted by Crippen LogP contribution is 2.23. The molecule has 0 radical (unpaired) electrons. The summed E-state index contributed by atoms with van der Waals surface area (Å²) in [5, 5.41) is 12.1. The second-order valence-corrected chi connectivity index (χ2v) is 5.83. The van der Waals surface area contributed by atoms with Gasteiger partial charge >= 0.3 is 5.97 Å². The topological polar surface area (TPSA) is 75.6 Å². The zero-order valence-electron chi connectivity index (χ0n) is 13.5. The summed E-state index contributed by atoms with van der Waals surface area (Å²) in [5.74, 6) is -0.321. The molecule has 26 heavy (non-hydrogen) atoms. The molecule has 3 aromatic rings. The molecule has 0 aromatic heterocycles. The average Bonchev–Trinajstić information content (AvgIpc) is 2.64. The van der Waals surface area contributed by atoms with Crippen molar-refractivity contribution in [1.29, 1.82) is 0 Å². The van der Waals surface area contributed by atoms with Gasteiger partial charge in [0.15, 0.2) is 0 Å². The molecule has 130 valence electrons. The molecule has 0 fully saturated rings. The molecule has 1 amide bonds. The Balaban J connectivity index is 1.74. The van der Waals surface area contributed by atoms with Crippen LogP contribution >= 0.6 is 11.6 Å². The number of anilines is 1. The van der Waals surface area contributed by atoms with Crippen molar-refractivity contribution in [1.82, 2.24) is 0 Å². The average molecular weight is 368 g/mol. The molecule has 0 aliphatic heterocycles. The summed E-state index contributed by atoms with van der Waals surface area (Å²) in [7, 11) is 0. The minimum atomic E-state index is -1.17. The van der Waals surface area contributed by atoms with Gasteiger partial charge in [0.05, 0.1) is 11.3 Å². The van der Waals surface area contributed by atoms with E-state index in [0.717, 1.165) is 0 Å². The van der Waals surface area contributed by atoms with E-state index >= 15 is 0 Å². The number of hydrogen-bond acceptors (Lipinski definition) is 3. The minimum absolute atomic E-state index is 0.0742. The van der Waals surface area contributed by atoms with Gasteiger partial charge in [-0.25, -0.2) is 4.79 Å². The van der Waals surface area contributed by atoms with Gasteiger partial charge in [0.2, 0.25) is 0 Å². The van der Waals surface area contributed by atoms with E-state index < -0.39 is 11.9 Å². The third-order valence-electron chi connectivity index (χ3n) is 3.56. The monoisotopic (exact) mass is 367 g/mol. The van der Waals surface area contributed by atoms with Gasteiger partial charge in [0.1, 0.15) is 11.5 Å². The van der Waals surface area contributed by atoms with E-state index in [1.165, 1.54) is 18.2 Å². The lowest BCUT2D eigenvalue weighted by Gasteiger charge is -2.10. The highest BCUT2D eigenvalue weighted by Gasteiger charge is 2.14. The van der Waals surface area contributed by atoms with Crippen LogP contribution in [-0.2, 0) is 0 Å². The number of ether oxygens (including phenoxy) is 1. The molecule has 5 nitrogen and oxygen atoms in total. The zero-order chi connectivity index (χ0) is 18.5. The highest BCUT2D eigenvalue weighted by atomic mass is 35.5. The van der Waals surface area contributed by atoms with E-state index in [0.29, 0.717) is 17.1 Å². The fourth-order valence-corrected chi connectivity index (χ4v) is 2.47. The van der Waals surface area contributed by atoms with Crippen LogP contribution < -0.4 is 10.1 Å².